The molecular weight excluding hydrogens is 304 g/mol. The molecule has 0 spiro atoms. The monoisotopic (exact) mass is 326 g/mol. The first kappa shape index (κ1) is 16.2. The summed E-state index contributed by atoms with van der Waals surface area (Å²) in [7, 11) is 0. The van der Waals surface area contributed by atoms with Crippen molar-refractivity contribution in [3.8, 4) is 0 Å². The van der Waals surface area contributed by atoms with Gasteiger partial charge in [-0.2, -0.15) is 5.10 Å². The molecule has 3 N–H and O–H groups in total. The summed E-state index contributed by atoms with van der Waals surface area (Å²) < 4.78 is 0. The van der Waals surface area contributed by atoms with Gasteiger partial charge < -0.3 is 10.6 Å². The summed E-state index contributed by atoms with van der Waals surface area (Å²) in [5.74, 6) is 0.683. The minimum Gasteiger partial charge on any atom is -0.347 e. The van der Waals surface area contributed by atoms with E-state index in [1.165, 1.54) is 12.8 Å². The van der Waals surface area contributed by atoms with Crippen LogP contribution in [0.25, 0.3) is 0 Å². The molecule has 6 heteroatoms. The molecule has 0 aliphatic heterocycles. The number of hydrogen-bond donors (Lipinski definition) is 3. The second kappa shape index (κ2) is 6.11. The van der Waals surface area contributed by atoms with Crippen LogP contribution in [0.15, 0.2) is 30.3 Å². The van der Waals surface area contributed by atoms with Crippen LogP contribution >= 0.6 is 0 Å². The van der Waals surface area contributed by atoms with E-state index in [2.05, 4.69) is 20.8 Å². The third-order valence-corrected chi connectivity index (χ3v) is 3.75. The number of aromatic nitrogens is 2. The van der Waals surface area contributed by atoms with Crippen LogP contribution in [0.4, 0.5) is 5.82 Å². The molecule has 24 heavy (non-hydrogen) atoms. The van der Waals surface area contributed by atoms with Crippen LogP contribution in [0.3, 0.4) is 0 Å². The van der Waals surface area contributed by atoms with Crippen molar-refractivity contribution in [1.82, 2.24) is 15.5 Å². The molecule has 6 nitrogen and oxygen atoms in total. The number of hydrogen-bond acceptors (Lipinski definition) is 3. The Kier molecular flexibility index (Phi) is 4.13. The molecule has 1 aliphatic carbocycles. The number of aromatic amines is 1. The molecule has 1 aromatic heterocycles. The van der Waals surface area contributed by atoms with E-state index in [4.69, 9.17) is 0 Å². The van der Waals surface area contributed by atoms with Gasteiger partial charge in [0.15, 0.2) is 5.82 Å². The highest BCUT2D eigenvalue weighted by atomic mass is 16.2. The minimum atomic E-state index is -0.299. The number of anilines is 1. The molecule has 0 unspecified atom stereocenters. The maximum Gasteiger partial charge on any atom is 0.256 e. The summed E-state index contributed by atoms with van der Waals surface area (Å²) in [6.07, 6.45) is 2.35. The standard InChI is InChI=1S/C18H22N4O2/c1-18(2,3)20-17(24)13-8-6-12(7-9-13)16(23)19-15-10-14(21-22-15)11-4-5-11/h6-11H,4-5H2,1-3H3,(H,20,24)(H2,19,21,22,23). The topological polar surface area (TPSA) is 86.9 Å². The van der Waals surface area contributed by atoms with Gasteiger partial charge in [0.25, 0.3) is 11.8 Å². The van der Waals surface area contributed by atoms with E-state index in [0.717, 1.165) is 5.69 Å². The molecule has 1 saturated carbocycles. The number of nitrogens with zero attached hydrogens (tertiary/aromatic N) is 1. The fourth-order valence-corrected chi connectivity index (χ4v) is 2.38. The molecule has 1 heterocycles. The fourth-order valence-electron chi connectivity index (χ4n) is 2.38. The summed E-state index contributed by atoms with van der Waals surface area (Å²) >= 11 is 0. The minimum absolute atomic E-state index is 0.157. The number of amides is 2. The van der Waals surface area contributed by atoms with Gasteiger partial charge in [0.2, 0.25) is 0 Å². The molecule has 0 radical (unpaired) electrons. The van der Waals surface area contributed by atoms with E-state index in [1.807, 2.05) is 26.8 Å². The third kappa shape index (κ3) is 4.01. The summed E-state index contributed by atoms with van der Waals surface area (Å²) in [6.45, 7) is 5.77. The van der Waals surface area contributed by atoms with Crippen LogP contribution in [0, 0.1) is 0 Å². The van der Waals surface area contributed by atoms with Crippen molar-refractivity contribution in [2.24, 2.45) is 0 Å². The average molecular weight is 326 g/mol. The number of rotatable bonds is 4. The Morgan fingerprint density at radius 1 is 1.08 bits per heavy atom. The smallest absolute Gasteiger partial charge is 0.256 e. The summed E-state index contributed by atoms with van der Waals surface area (Å²) in [5.41, 5.74) is 1.78. The number of H-pyrrole nitrogens is 1. The Bertz CT molecular complexity index is 752. The average Bonchev–Trinajstić information content (AvgIpc) is 3.26. The van der Waals surface area contributed by atoms with Crippen LogP contribution in [-0.4, -0.2) is 27.6 Å². The van der Waals surface area contributed by atoms with Gasteiger partial charge in [0.05, 0.1) is 0 Å². The predicted octanol–water partition coefficient (Wildman–Crippen LogP) is 3.07. The molecule has 2 amide bonds. The molecule has 0 bridgehead atoms. The van der Waals surface area contributed by atoms with Gasteiger partial charge in [-0.3, -0.25) is 14.7 Å². The molecule has 0 saturated heterocycles. The van der Waals surface area contributed by atoms with Crippen molar-refractivity contribution >= 4 is 17.6 Å². The summed E-state index contributed by atoms with van der Waals surface area (Å²) in [4.78, 5) is 24.3. The summed E-state index contributed by atoms with van der Waals surface area (Å²) in [6, 6.07) is 8.45. The predicted molar refractivity (Wildman–Crippen MR) is 92.2 cm³/mol. The molecule has 3 rings (SSSR count). The lowest BCUT2D eigenvalue weighted by Crippen LogP contribution is -2.40. The van der Waals surface area contributed by atoms with Crippen molar-refractivity contribution in [2.45, 2.75) is 45.1 Å². The highest BCUT2D eigenvalue weighted by Gasteiger charge is 2.25. The number of benzene rings is 1. The van der Waals surface area contributed by atoms with Crippen LogP contribution in [-0.2, 0) is 0 Å². The van der Waals surface area contributed by atoms with Gasteiger partial charge >= 0.3 is 0 Å². The van der Waals surface area contributed by atoms with Crippen molar-refractivity contribution in [3.63, 3.8) is 0 Å². The molecular formula is C18H22N4O2. The Morgan fingerprint density at radius 2 is 1.67 bits per heavy atom. The maximum atomic E-state index is 12.3. The first-order chi connectivity index (χ1) is 11.3. The van der Waals surface area contributed by atoms with Gasteiger partial charge in [0, 0.05) is 34.3 Å². The van der Waals surface area contributed by atoms with Crippen molar-refractivity contribution in [1.29, 1.82) is 0 Å². The lowest BCUT2D eigenvalue weighted by atomic mass is 10.1. The van der Waals surface area contributed by atoms with Crippen LogP contribution in [0.2, 0.25) is 0 Å². The highest BCUT2D eigenvalue weighted by Crippen LogP contribution is 2.39. The van der Waals surface area contributed by atoms with Crippen LogP contribution in [0.1, 0.15) is 65.9 Å². The van der Waals surface area contributed by atoms with Gasteiger partial charge in [-0.05, 0) is 57.9 Å². The van der Waals surface area contributed by atoms with Crippen molar-refractivity contribution < 1.29 is 9.59 Å². The normalized spacial score (nSPS) is 14.3. The zero-order valence-corrected chi connectivity index (χ0v) is 14.1. The zero-order chi connectivity index (χ0) is 17.3. The highest BCUT2D eigenvalue weighted by molar-refractivity contribution is 6.04. The number of nitrogens with one attached hydrogen (secondary N) is 3. The fraction of sp³-hybridized carbons (Fsp3) is 0.389. The van der Waals surface area contributed by atoms with E-state index in [1.54, 1.807) is 24.3 Å². The lowest BCUT2D eigenvalue weighted by Gasteiger charge is -2.20. The van der Waals surface area contributed by atoms with E-state index < -0.39 is 0 Å². The first-order valence-corrected chi connectivity index (χ1v) is 8.11. The molecule has 2 aromatic rings. The second-order valence-corrected chi connectivity index (χ2v) is 7.22. The zero-order valence-electron chi connectivity index (χ0n) is 14.1. The Hall–Kier alpha value is -2.63. The third-order valence-electron chi connectivity index (χ3n) is 3.75. The largest absolute Gasteiger partial charge is 0.347 e. The van der Waals surface area contributed by atoms with E-state index in [0.29, 0.717) is 22.9 Å². The SMILES string of the molecule is CC(C)(C)NC(=O)c1ccc(C(=O)Nc2cc(C3CC3)[nH]n2)cc1. The molecule has 126 valence electrons. The van der Waals surface area contributed by atoms with Gasteiger partial charge in [-0.15, -0.1) is 0 Å². The second-order valence-electron chi connectivity index (χ2n) is 7.22. The molecule has 1 aliphatic rings. The van der Waals surface area contributed by atoms with Crippen molar-refractivity contribution in [3.05, 3.63) is 47.2 Å². The van der Waals surface area contributed by atoms with E-state index >= 15 is 0 Å². The van der Waals surface area contributed by atoms with Crippen LogP contribution < -0.4 is 10.6 Å². The Morgan fingerprint density at radius 3 is 2.21 bits per heavy atom. The van der Waals surface area contributed by atoms with E-state index in [9.17, 15) is 9.59 Å². The summed E-state index contributed by atoms with van der Waals surface area (Å²) in [5, 5.41) is 12.7. The molecule has 0 atom stereocenters. The van der Waals surface area contributed by atoms with Gasteiger partial charge in [-0.25, -0.2) is 0 Å². The van der Waals surface area contributed by atoms with Crippen LogP contribution in [0.5, 0.6) is 0 Å². The number of carbonyl (C=O) groups excluding carboxylic acids is 2. The molecule has 1 aromatic carbocycles. The first-order valence-electron chi connectivity index (χ1n) is 8.11. The van der Waals surface area contributed by atoms with Gasteiger partial charge in [0.1, 0.15) is 0 Å². The maximum absolute atomic E-state index is 12.3. The Labute approximate surface area is 141 Å². The quantitative estimate of drug-likeness (QED) is 0.807. The van der Waals surface area contributed by atoms with Gasteiger partial charge in [-0.1, -0.05) is 0 Å². The Balaban J connectivity index is 1.63. The van der Waals surface area contributed by atoms with Crippen molar-refractivity contribution in [2.75, 3.05) is 5.32 Å². The lowest BCUT2D eigenvalue weighted by molar-refractivity contribution is 0.0918. The number of carbonyl (C=O) groups is 2. The molecule has 1 fully saturated rings. The van der Waals surface area contributed by atoms with E-state index in [-0.39, 0.29) is 17.4 Å².